The second kappa shape index (κ2) is 5.73. The molecule has 1 heteroatoms. The Bertz CT molecular complexity index is 856. The van der Waals surface area contributed by atoms with E-state index in [1.165, 1.54) is 50.0 Å². The molecular formula is C22H25N. The number of anilines is 2. The Morgan fingerprint density at radius 1 is 0.609 bits per heavy atom. The molecule has 0 bridgehead atoms. The molecule has 3 aromatic rings. The normalized spacial score (nSPS) is 11.0. The van der Waals surface area contributed by atoms with Gasteiger partial charge in [-0.05, 0) is 73.9 Å². The lowest BCUT2D eigenvalue weighted by Gasteiger charge is -2.28. The van der Waals surface area contributed by atoms with E-state index in [1.54, 1.807) is 0 Å². The quantitative estimate of drug-likeness (QED) is 0.549. The fourth-order valence-electron chi connectivity index (χ4n) is 3.60. The maximum Gasteiger partial charge on any atom is 0.0487 e. The van der Waals surface area contributed by atoms with Gasteiger partial charge in [0, 0.05) is 23.8 Å². The molecular weight excluding hydrogens is 278 g/mol. The third-order valence-electron chi connectivity index (χ3n) is 5.42. The van der Waals surface area contributed by atoms with Crippen LogP contribution in [0.4, 0.5) is 11.4 Å². The second-order valence-corrected chi connectivity index (χ2v) is 6.53. The summed E-state index contributed by atoms with van der Waals surface area (Å²) in [6.07, 6.45) is 0. The van der Waals surface area contributed by atoms with E-state index >= 15 is 0 Å². The molecule has 0 aliphatic rings. The minimum atomic E-state index is 1.26. The van der Waals surface area contributed by atoms with Crippen molar-refractivity contribution in [1.29, 1.82) is 0 Å². The van der Waals surface area contributed by atoms with Gasteiger partial charge in [-0.15, -0.1) is 0 Å². The van der Waals surface area contributed by atoms with Gasteiger partial charge < -0.3 is 4.90 Å². The molecule has 0 aromatic heterocycles. The summed E-state index contributed by atoms with van der Waals surface area (Å²) in [7, 11) is 2.19. The highest BCUT2D eigenvalue weighted by Gasteiger charge is 2.17. The fourth-order valence-corrected chi connectivity index (χ4v) is 3.60. The standard InChI is InChI=1S/C22H25N/c1-14-15(2)17(4)22(18(5)16(14)3)23(6)21-13-9-11-19-10-7-8-12-20(19)21/h7-13H,1-6H3. The van der Waals surface area contributed by atoms with E-state index in [2.05, 4.69) is 89.0 Å². The van der Waals surface area contributed by atoms with E-state index in [-0.39, 0.29) is 0 Å². The number of hydrogen-bond acceptors (Lipinski definition) is 1. The van der Waals surface area contributed by atoms with Gasteiger partial charge >= 0.3 is 0 Å². The molecule has 0 heterocycles. The molecule has 0 aliphatic heterocycles. The van der Waals surface area contributed by atoms with Crippen LogP contribution in [-0.4, -0.2) is 7.05 Å². The van der Waals surface area contributed by atoms with Crippen molar-refractivity contribution in [3.8, 4) is 0 Å². The van der Waals surface area contributed by atoms with Crippen LogP contribution in [-0.2, 0) is 0 Å². The first-order chi connectivity index (χ1) is 10.9. The summed E-state index contributed by atoms with van der Waals surface area (Å²) in [6, 6.07) is 15.1. The molecule has 3 aromatic carbocycles. The Kier molecular flexibility index (Phi) is 3.89. The van der Waals surface area contributed by atoms with Crippen LogP contribution in [0.2, 0.25) is 0 Å². The first-order valence-electron chi connectivity index (χ1n) is 8.22. The van der Waals surface area contributed by atoms with Crippen molar-refractivity contribution in [3.63, 3.8) is 0 Å². The predicted octanol–water partition coefficient (Wildman–Crippen LogP) is 6.15. The largest absolute Gasteiger partial charge is 0.344 e. The first kappa shape index (κ1) is 15.6. The maximum atomic E-state index is 2.35. The molecule has 118 valence electrons. The van der Waals surface area contributed by atoms with Crippen molar-refractivity contribution >= 4 is 22.1 Å². The first-order valence-corrected chi connectivity index (χ1v) is 8.22. The molecule has 0 fully saturated rings. The summed E-state index contributed by atoms with van der Waals surface area (Å²) in [5, 5.41) is 2.58. The van der Waals surface area contributed by atoms with Crippen LogP contribution in [0.3, 0.4) is 0 Å². The molecule has 0 spiro atoms. The zero-order chi connectivity index (χ0) is 16.7. The lowest BCUT2D eigenvalue weighted by Crippen LogP contribution is -2.15. The molecule has 0 saturated heterocycles. The highest BCUT2D eigenvalue weighted by atomic mass is 15.1. The Morgan fingerprint density at radius 2 is 1.13 bits per heavy atom. The summed E-state index contributed by atoms with van der Waals surface area (Å²) in [4.78, 5) is 2.35. The van der Waals surface area contributed by atoms with Gasteiger partial charge in [-0.3, -0.25) is 0 Å². The minimum Gasteiger partial charge on any atom is -0.344 e. The molecule has 3 rings (SSSR count). The van der Waals surface area contributed by atoms with Crippen LogP contribution < -0.4 is 4.90 Å². The van der Waals surface area contributed by atoms with E-state index < -0.39 is 0 Å². The van der Waals surface area contributed by atoms with Crippen molar-refractivity contribution in [1.82, 2.24) is 0 Å². The summed E-state index contributed by atoms with van der Waals surface area (Å²) in [5.74, 6) is 0. The Morgan fingerprint density at radius 3 is 1.78 bits per heavy atom. The predicted molar refractivity (Wildman–Crippen MR) is 102 cm³/mol. The summed E-state index contributed by atoms with van der Waals surface area (Å²) in [6.45, 7) is 11.2. The topological polar surface area (TPSA) is 3.24 Å². The van der Waals surface area contributed by atoms with Crippen LogP contribution in [0.25, 0.3) is 10.8 Å². The average Bonchev–Trinajstić information content (AvgIpc) is 2.57. The molecule has 0 N–H and O–H groups in total. The lowest BCUT2D eigenvalue weighted by molar-refractivity contribution is 1.11. The number of hydrogen-bond donors (Lipinski definition) is 0. The Hall–Kier alpha value is -2.28. The third kappa shape index (κ3) is 2.41. The second-order valence-electron chi connectivity index (χ2n) is 6.53. The van der Waals surface area contributed by atoms with Gasteiger partial charge in [0.05, 0.1) is 0 Å². The zero-order valence-electron chi connectivity index (χ0n) is 15.0. The van der Waals surface area contributed by atoms with Crippen molar-refractivity contribution < 1.29 is 0 Å². The van der Waals surface area contributed by atoms with Crippen LogP contribution in [0, 0.1) is 34.6 Å². The van der Waals surface area contributed by atoms with Crippen molar-refractivity contribution in [2.24, 2.45) is 0 Å². The van der Waals surface area contributed by atoms with E-state index in [0.717, 1.165) is 0 Å². The Labute approximate surface area is 139 Å². The SMILES string of the molecule is Cc1c(C)c(C)c(N(C)c2cccc3ccccc23)c(C)c1C. The highest BCUT2D eigenvalue weighted by molar-refractivity contribution is 5.96. The molecule has 0 aliphatic carbocycles. The van der Waals surface area contributed by atoms with E-state index in [1.807, 2.05) is 0 Å². The van der Waals surface area contributed by atoms with Gasteiger partial charge in [-0.1, -0.05) is 36.4 Å². The van der Waals surface area contributed by atoms with Gasteiger partial charge in [0.25, 0.3) is 0 Å². The molecule has 1 nitrogen and oxygen atoms in total. The zero-order valence-corrected chi connectivity index (χ0v) is 15.0. The van der Waals surface area contributed by atoms with Crippen LogP contribution in [0.1, 0.15) is 27.8 Å². The van der Waals surface area contributed by atoms with Crippen molar-refractivity contribution in [2.45, 2.75) is 34.6 Å². The average molecular weight is 303 g/mol. The van der Waals surface area contributed by atoms with Crippen molar-refractivity contribution in [2.75, 3.05) is 11.9 Å². The smallest absolute Gasteiger partial charge is 0.0487 e. The summed E-state index contributed by atoms with van der Waals surface area (Å²) < 4.78 is 0. The van der Waals surface area contributed by atoms with Crippen LogP contribution >= 0.6 is 0 Å². The molecule has 0 saturated carbocycles. The van der Waals surface area contributed by atoms with E-state index in [0.29, 0.717) is 0 Å². The monoisotopic (exact) mass is 303 g/mol. The highest BCUT2D eigenvalue weighted by Crippen LogP contribution is 2.38. The molecule has 0 atom stereocenters. The van der Waals surface area contributed by atoms with Gasteiger partial charge in [-0.25, -0.2) is 0 Å². The van der Waals surface area contributed by atoms with Crippen LogP contribution in [0.5, 0.6) is 0 Å². The summed E-state index contributed by atoms with van der Waals surface area (Å²) in [5.41, 5.74) is 9.56. The number of nitrogens with zero attached hydrogens (tertiary/aromatic N) is 1. The van der Waals surface area contributed by atoms with Gasteiger partial charge in [0.1, 0.15) is 0 Å². The molecule has 0 unspecified atom stereocenters. The fraction of sp³-hybridized carbons (Fsp3) is 0.273. The van der Waals surface area contributed by atoms with E-state index in [9.17, 15) is 0 Å². The molecule has 0 radical (unpaired) electrons. The summed E-state index contributed by atoms with van der Waals surface area (Å²) >= 11 is 0. The van der Waals surface area contributed by atoms with Gasteiger partial charge in [0.15, 0.2) is 0 Å². The van der Waals surface area contributed by atoms with E-state index in [4.69, 9.17) is 0 Å². The molecule has 0 amide bonds. The maximum absolute atomic E-state index is 2.35. The number of benzene rings is 3. The molecule has 23 heavy (non-hydrogen) atoms. The van der Waals surface area contributed by atoms with Gasteiger partial charge in [-0.2, -0.15) is 0 Å². The van der Waals surface area contributed by atoms with Gasteiger partial charge in [0.2, 0.25) is 0 Å². The number of rotatable bonds is 2. The van der Waals surface area contributed by atoms with Crippen LogP contribution in [0.15, 0.2) is 42.5 Å². The third-order valence-corrected chi connectivity index (χ3v) is 5.42. The Balaban J connectivity index is 2.27. The van der Waals surface area contributed by atoms with Crippen molar-refractivity contribution in [3.05, 3.63) is 70.3 Å². The minimum absolute atomic E-state index is 1.26. The number of fused-ring (bicyclic) bond motifs is 1. The lowest BCUT2D eigenvalue weighted by atomic mass is 9.92.